The van der Waals surface area contributed by atoms with Crippen molar-refractivity contribution in [1.82, 2.24) is 5.43 Å². The van der Waals surface area contributed by atoms with E-state index in [2.05, 4.69) is 16.6 Å². The van der Waals surface area contributed by atoms with Crippen LogP contribution in [0.4, 0.5) is 0 Å². The largest absolute Gasteiger partial charge is 0.489 e. The summed E-state index contributed by atoms with van der Waals surface area (Å²) in [5.41, 5.74) is 6.34. The summed E-state index contributed by atoms with van der Waals surface area (Å²) in [7, 11) is 0. The highest BCUT2D eigenvalue weighted by Crippen LogP contribution is 2.23. The number of halogens is 2. The van der Waals surface area contributed by atoms with E-state index in [1.807, 2.05) is 42.5 Å². The maximum atomic E-state index is 8.81. The topological polar surface area (TPSA) is 57.4 Å². The van der Waals surface area contributed by atoms with Gasteiger partial charge in [0.2, 0.25) is 0 Å². The molecule has 0 aliphatic carbocycles. The summed E-state index contributed by atoms with van der Waals surface area (Å²) < 4.78 is 5.76. The Labute approximate surface area is 174 Å². The van der Waals surface area contributed by atoms with E-state index in [1.165, 1.54) is 0 Å². The molecule has 0 unspecified atom stereocenters. The van der Waals surface area contributed by atoms with Gasteiger partial charge in [-0.15, -0.1) is 0 Å². The molecule has 3 aromatic rings. The van der Waals surface area contributed by atoms with Gasteiger partial charge in [-0.2, -0.15) is 10.4 Å². The molecule has 140 valence electrons. The van der Waals surface area contributed by atoms with E-state index < -0.39 is 0 Å². The predicted octanol–water partition coefficient (Wildman–Crippen LogP) is 5.57. The minimum atomic E-state index is 0.444. The zero-order valence-electron chi connectivity index (χ0n) is 14.9. The van der Waals surface area contributed by atoms with Gasteiger partial charge in [0.25, 0.3) is 0 Å². The summed E-state index contributed by atoms with van der Waals surface area (Å²) in [6.45, 7) is 0.889. The summed E-state index contributed by atoms with van der Waals surface area (Å²) >= 11 is 12.3. The van der Waals surface area contributed by atoms with Crippen LogP contribution in [-0.4, -0.2) is 6.21 Å². The first-order chi connectivity index (χ1) is 13.7. The van der Waals surface area contributed by atoms with Crippen LogP contribution in [-0.2, 0) is 13.2 Å². The highest BCUT2D eigenvalue weighted by molar-refractivity contribution is 6.35. The lowest BCUT2D eigenvalue weighted by Crippen LogP contribution is -2.06. The van der Waals surface area contributed by atoms with Crippen LogP contribution >= 0.6 is 23.2 Å². The molecular weight excluding hydrogens is 393 g/mol. The lowest BCUT2D eigenvalue weighted by atomic mass is 10.1. The number of nitrogens with zero attached hydrogens (tertiary/aromatic N) is 2. The third kappa shape index (κ3) is 5.50. The first-order valence-corrected chi connectivity index (χ1v) is 9.32. The Balaban J connectivity index is 1.49. The minimum Gasteiger partial charge on any atom is -0.489 e. The molecule has 28 heavy (non-hydrogen) atoms. The molecule has 0 spiro atoms. The number of benzene rings is 3. The van der Waals surface area contributed by atoms with Gasteiger partial charge < -0.3 is 10.2 Å². The summed E-state index contributed by atoms with van der Waals surface area (Å²) in [5.74, 6) is 0.761. The normalized spacial score (nSPS) is 10.6. The molecule has 0 saturated carbocycles. The van der Waals surface area contributed by atoms with Crippen molar-refractivity contribution < 1.29 is 4.74 Å². The Kier molecular flexibility index (Phi) is 6.91. The van der Waals surface area contributed by atoms with Crippen molar-refractivity contribution in [3.8, 4) is 11.8 Å². The van der Waals surface area contributed by atoms with Crippen molar-refractivity contribution in [2.24, 2.45) is 5.10 Å². The summed E-state index contributed by atoms with van der Waals surface area (Å²) in [6.07, 6.45) is 1.72. The van der Waals surface area contributed by atoms with Crippen LogP contribution in [0.3, 0.4) is 0 Å². The fourth-order valence-corrected chi connectivity index (χ4v) is 2.97. The van der Waals surface area contributed by atoms with E-state index in [4.69, 9.17) is 33.2 Å². The Morgan fingerprint density at radius 1 is 0.964 bits per heavy atom. The molecule has 0 radical (unpaired) electrons. The number of hydrogen-bond acceptors (Lipinski definition) is 4. The van der Waals surface area contributed by atoms with E-state index in [9.17, 15) is 0 Å². The fourth-order valence-electron chi connectivity index (χ4n) is 2.44. The fraction of sp³-hybridized carbons (Fsp3) is 0.0909. The van der Waals surface area contributed by atoms with Crippen molar-refractivity contribution >= 4 is 29.4 Å². The van der Waals surface area contributed by atoms with E-state index in [0.717, 1.165) is 22.4 Å². The molecule has 0 bridgehead atoms. The third-order valence-corrected chi connectivity index (χ3v) is 4.70. The van der Waals surface area contributed by atoms with Crippen molar-refractivity contribution in [2.75, 3.05) is 0 Å². The first-order valence-electron chi connectivity index (χ1n) is 8.56. The Morgan fingerprint density at radius 3 is 2.29 bits per heavy atom. The number of nitrogens with one attached hydrogen (secondary N) is 1. The third-order valence-electron chi connectivity index (χ3n) is 3.99. The molecular formula is C22H17Cl2N3O. The van der Waals surface area contributed by atoms with Crippen LogP contribution in [0.15, 0.2) is 71.8 Å². The second-order valence-corrected chi connectivity index (χ2v) is 6.77. The average Bonchev–Trinajstić information content (AvgIpc) is 2.72. The molecule has 0 atom stereocenters. The Hall–Kier alpha value is -3.00. The molecule has 1 N–H and O–H groups in total. The van der Waals surface area contributed by atoms with Gasteiger partial charge in [-0.05, 0) is 59.7 Å². The highest BCUT2D eigenvalue weighted by atomic mass is 35.5. The van der Waals surface area contributed by atoms with Crippen LogP contribution in [0.5, 0.6) is 5.75 Å². The Morgan fingerprint density at radius 2 is 1.64 bits per heavy atom. The maximum Gasteiger partial charge on any atom is 0.119 e. The molecule has 3 rings (SSSR count). The summed E-state index contributed by atoms with van der Waals surface area (Å²) in [5, 5.41) is 14.2. The van der Waals surface area contributed by atoms with Crippen molar-refractivity contribution in [1.29, 1.82) is 5.26 Å². The van der Waals surface area contributed by atoms with E-state index in [-0.39, 0.29) is 0 Å². The van der Waals surface area contributed by atoms with Crippen LogP contribution in [0.1, 0.15) is 22.3 Å². The van der Waals surface area contributed by atoms with E-state index in [0.29, 0.717) is 28.8 Å². The van der Waals surface area contributed by atoms with Gasteiger partial charge in [-0.3, -0.25) is 0 Å². The molecule has 4 nitrogen and oxygen atoms in total. The van der Waals surface area contributed by atoms with Crippen LogP contribution < -0.4 is 10.2 Å². The molecule has 0 aliphatic heterocycles. The van der Waals surface area contributed by atoms with Crippen LogP contribution in [0, 0.1) is 11.3 Å². The number of hydrogen-bond donors (Lipinski definition) is 1. The number of rotatable bonds is 7. The van der Waals surface area contributed by atoms with E-state index >= 15 is 0 Å². The van der Waals surface area contributed by atoms with Crippen molar-refractivity contribution in [3.05, 3.63) is 99.0 Å². The molecule has 6 heteroatoms. The molecule has 3 aromatic carbocycles. The van der Waals surface area contributed by atoms with Gasteiger partial charge in [-0.1, -0.05) is 41.4 Å². The quantitative estimate of drug-likeness (QED) is 0.409. The maximum absolute atomic E-state index is 8.81. The second-order valence-electron chi connectivity index (χ2n) is 5.96. The highest BCUT2D eigenvalue weighted by Gasteiger charge is 2.03. The monoisotopic (exact) mass is 409 g/mol. The number of nitriles is 1. The van der Waals surface area contributed by atoms with Crippen LogP contribution in [0.2, 0.25) is 10.0 Å². The standard InChI is InChI=1S/C22H17Cl2N3O/c23-21-2-1-3-22(24)20(21)14-27-26-13-17-8-10-19(11-9-17)28-15-18-6-4-16(12-25)5-7-18/h1-11,13,27H,14-15H2/b26-13+. The first kappa shape index (κ1) is 19.8. The zero-order valence-corrected chi connectivity index (χ0v) is 16.4. The average molecular weight is 410 g/mol. The zero-order chi connectivity index (χ0) is 19.8. The summed E-state index contributed by atoms with van der Waals surface area (Å²) in [4.78, 5) is 0. The SMILES string of the molecule is N#Cc1ccc(COc2ccc(/C=N/NCc3c(Cl)cccc3Cl)cc2)cc1. The lowest BCUT2D eigenvalue weighted by molar-refractivity contribution is 0.306. The van der Waals surface area contributed by atoms with Gasteiger partial charge in [-0.25, -0.2) is 0 Å². The van der Waals surface area contributed by atoms with Crippen molar-refractivity contribution in [2.45, 2.75) is 13.2 Å². The van der Waals surface area contributed by atoms with Crippen molar-refractivity contribution in [3.63, 3.8) is 0 Å². The Bertz CT molecular complexity index is 974. The number of ether oxygens (including phenoxy) is 1. The van der Waals surface area contributed by atoms with E-state index in [1.54, 1.807) is 30.5 Å². The smallest absolute Gasteiger partial charge is 0.119 e. The van der Waals surface area contributed by atoms with Gasteiger partial charge in [0, 0.05) is 15.6 Å². The van der Waals surface area contributed by atoms with Gasteiger partial charge in [0.15, 0.2) is 0 Å². The number of hydrazone groups is 1. The van der Waals surface area contributed by atoms with Gasteiger partial charge in [0.1, 0.15) is 12.4 Å². The molecule has 0 aromatic heterocycles. The molecule has 0 fully saturated rings. The van der Waals surface area contributed by atoms with Gasteiger partial charge >= 0.3 is 0 Å². The van der Waals surface area contributed by atoms with Gasteiger partial charge in [0.05, 0.1) is 24.4 Å². The molecule has 0 amide bonds. The molecule has 0 saturated heterocycles. The molecule has 0 aliphatic rings. The minimum absolute atomic E-state index is 0.444. The summed E-state index contributed by atoms with van der Waals surface area (Å²) in [6, 6.07) is 22.4. The lowest BCUT2D eigenvalue weighted by Gasteiger charge is -2.07. The second kappa shape index (κ2) is 9.80. The molecule has 0 heterocycles. The predicted molar refractivity (Wildman–Crippen MR) is 113 cm³/mol. The van der Waals surface area contributed by atoms with Crippen LogP contribution in [0.25, 0.3) is 0 Å².